The van der Waals surface area contributed by atoms with E-state index >= 15 is 0 Å². The smallest absolute Gasteiger partial charge is 0.353 e. The van der Waals surface area contributed by atoms with Crippen LogP contribution < -0.4 is 14.8 Å². The second-order valence-corrected chi connectivity index (χ2v) is 12.2. The number of anilines is 1. The van der Waals surface area contributed by atoms with Crippen molar-refractivity contribution < 1.29 is 14.3 Å². The minimum Gasteiger partial charge on any atom is -0.493 e. The number of hydrogen-bond acceptors (Lipinski definition) is 6. The van der Waals surface area contributed by atoms with Gasteiger partial charge in [-0.05, 0) is 83.4 Å². The molecule has 8 heteroatoms. The number of pyridine rings is 1. The number of ether oxygens (including phenoxy) is 2. The number of esters is 1. The van der Waals surface area contributed by atoms with Crippen LogP contribution in [0, 0.1) is 5.41 Å². The van der Waals surface area contributed by atoms with Crippen molar-refractivity contribution in [2.24, 2.45) is 5.41 Å². The highest BCUT2D eigenvalue weighted by Crippen LogP contribution is 2.38. The zero-order valence-corrected chi connectivity index (χ0v) is 23.2. The third-order valence-electron chi connectivity index (χ3n) is 5.37. The van der Waals surface area contributed by atoms with E-state index < -0.39 is 5.97 Å². The summed E-state index contributed by atoms with van der Waals surface area (Å²) in [5.74, 6) is 1.31. The number of thiophene rings is 1. The van der Waals surface area contributed by atoms with Crippen LogP contribution >= 0.6 is 27.3 Å². The summed E-state index contributed by atoms with van der Waals surface area (Å²) in [6.45, 7) is 11.1. The van der Waals surface area contributed by atoms with Crippen LogP contribution in [0.2, 0.25) is 0 Å². The fourth-order valence-electron chi connectivity index (χ4n) is 4.47. The van der Waals surface area contributed by atoms with Gasteiger partial charge in [-0.1, -0.05) is 26.8 Å². The highest BCUT2D eigenvalue weighted by molar-refractivity contribution is 9.10. The molecule has 0 unspecified atom stereocenters. The molecule has 0 fully saturated rings. The lowest BCUT2D eigenvalue weighted by Gasteiger charge is -2.34. The summed E-state index contributed by atoms with van der Waals surface area (Å²) < 4.78 is 14.2. The molecule has 1 aromatic carbocycles. The van der Waals surface area contributed by atoms with E-state index in [1.54, 1.807) is 19.2 Å². The Bertz CT molecular complexity index is 1350. The van der Waals surface area contributed by atoms with E-state index in [2.05, 4.69) is 60.3 Å². The summed E-state index contributed by atoms with van der Waals surface area (Å²) in [6, 6.07) is 13.0. The molecule has 0 bridgehead atoms. The summed E-state index contributed by atoms with van der Waals surface area (Å²) in [4.78, 5) is 17.9. The van der Waals surface area contributed by atoms with Crippen molar-refractivity contribution in [3.63, 3.8) is 0 Å². The van der Waals surface area contributed by atoms with Gasteiger partial charge in [-0.3, -0.25) is 4.40 Å². The van der Waals surface area contributed by atoms with Gasteiger partial charge < -0.3 is 14.8 Å². The van der Waals surface area contributed by atoms with Gasteiger partial charge in [0.15, 0.2) is 11.5 Å². The third-order valence-corrected chi connectivity index (χ3v) is 6.69. The molecule has 0 saturated heterocycles. The molecule has 6 nitrogen and oxygen atoms in total. The first-order valence-electron chi connectivity index (χ1n) is 11.4. The fraction of sp³-hybridized carbons (Fsp3) is 0.333. The van der Waals surface area contributed by atoms with Gasteiger partial charge in [0.2, 0.25) is 0 Å². The Morgan fingerprint density at radius 2 is 1.89 bits per heavy atom. The average molecular weight is 557 g/mol. The molecule has 35 heavy (non-hydrogen) atoms. The Kier molecular flexibility index (Phi) is 6.97. The van der Waals surface area contributed by atoms with E-state index in [9.17, 15) is 4.79 Å². The lowest BCUT2D eigenvalue weighted by Crippen LogP contribution is -2.36. The molecule has 3 heterocycles. The van der Waals surface area contributed by atoms with Crippen LogP contribution in [-0.2, 0) is 0 Å². The van der Waals surface area contributed by atoms with Gasteiger partial charge >= 0.3 is 5.97 Å². The van der Waals surface area contributed by atoms with Crippen LogP contribution in [0.4, 0.5) is 5.82 Å². The van der Waals surface area contributed by atoms with Crippen molar-refractivity contribution in [2.45, 2.75) is 46.6 Å². The molecular weight excluding hydrogens is 526 g/mol. The highest BCUT2D eigenvalue weighted by Gasteiger charge is 2.28. The molecule has 0 saturated carbocycles. The van der Waals surface area contributed by atoms with Crippen molar-refractivity contribution in [3.05, 3.63) is 63.4 Å². The summed E-state index contributed by atoms with van der Waals surface area (Å²) in [7, 11) is 1.56. The first-order valence-corrected chi connectivity index (χ1v) is 13.0. The summed E-state index contributed by atoms with van der Waals surface area (Å²) >= 11 is 4.93. The van der Waals surface area contributed by atoms with E-state index in [1.807, 2.05) is 41.9 Å². The number of rotatable bonds is 7. The van der Waals surface area contributed by atoms with Crippen molar-refractivity contribution in [1.29, 1.82) is 0 Å². The Balaban J connectivity index is 1.76. The standard InChI is InChI=1S/C27H30BrN3O3S/c1-26(2,3)16-27(4,5)30-24-23(29-22-12-10-18(28)15-31(22)24)17-9-11-19(20(14-17)33-6)34-25(32)21-8-7-13-35-21/h7-15,30H,16H2,1-6H3. The molecule has 4 aromatic rings. The van der Waals surface area contributed by atoms with Gasteiger partial charge in [-0.2, -0.15) is 0 Å². The molecule has 3 aromatic heterocycles. The number of hydrogen-bond donors (Lipinski definition) is 1. The van der Waals surface area contributed by atoms with Crippen LogP contribution in [0.15, 0.2) is 58.5 Å². The van der Waals surface area contributed by atoms with Crippen LogP contribution in [0.25, 0.3) is 16.9 Å². The number of fused-ring (bicyclic) bond motifs is 1. The van der Waals surface area contributed by atoms with Gasteiger partial charge in [0, 0.05) is 21.8 Å². The quantitative estimate of drug-likeness (QED) is 0.187. The number of imidazole rings is 1. The molecule has 0 aliphatic rings. The number of carbonyl (C=O) groups is 1. The lowest BCUT2D eigenvalue weighted by atomic mass is 9.82. The zero-order chi connectivity index (χ0) is 25.4. The highest BCUT2D eigenvalue weighted by atomic mass is 79.9. The predicted molar refractivity (Wildman–Crippen MR) is 146 cm³/mol. The first-order chi connectivity index (χ1) is 16.5. The van der Waals surface area contributed by atoms with Crippen molar-refractivity contribution in [3.8, 4) is 22.8 Å². The molecule has 0 atom stereocenters. The van der Waals surface area contributed by atoms with Gasteiger partial charge in [0.05, 0.1) is 7.11 Å². The van der Waals surface area contributed by atoms with E-state index in [0.29, 0.717) is 16.4 Å². The zero-order valence-electron chi connectivity index (χ0n) is 20.8. The summed E-state index contributed by atoms with van der Waals surface area (Å²) in [5, 5.41) is 5.59. The molecule has 184 valence electrons. The van der Waals surface area contributed by atoms with Crippen molar-refractivity contribution >= 4 is 44.7 Å². The maximum Gasteiger partial charge on any atom is 0.353 e. The second kappa shape index (κ2) is 9.66. The maximum atomic E-state index is 12.5. The molecule has 0 amide bonds. The van der Waals surface area contributed by atoms with Crippen LogP contribution in [0.1, 0.15) is 50.7 Å². The second-order valence-electron chi connectivity index (χ2n) is 10.4. The first kappa shape index (κ1) is 25.3. The van der Waals surface area contributed by atoms with Gasteiger partial charge in [0.25, 0.3) is 0 Å². The van der Waals surface area contributed by atoms with E-state index in [-0.39, 0.29) is 11.0 Å². The fourth-order valence-corrected chi connectivity index (χ4v) is 5.41. The van der Waals surface area contributed by atoms with E-state index in [0.717, 1.165) is 33.6 Å². The van der Waals surface area contributed by atoms with Crippen molar-refractivity contribution in [1.82, 2.24) is 9.38 Å². The minimum absolute atomic E-state index is 0.148. The number of nitrogens with zero attached hydrogens (tertiary/aromatic N) is 2. The van der Waals surface area contributed by atoms with Gasteiger partial charge in [-0.25, -0.2) is 9.78 Å². The van der Waals surface area contributed by atoms with Gasteiger partial charge in [-0.15, -0.1) is 11.3 Å². The van der Waals surface area contributed by atoms with E-state index in [4.69, 9.17) is 14.5 Å². The number of carbonyl (C=O) groups excluding carboxylic acids is 1. The Morgan fingerprint density at radius 1 is 1.11 bits per heavy atom. The monoisotopic (exact) mass is 555 g/mol. The van der Waals surface area contributed by atoms with Crippen LogP contribution in [0.5, 0.6) is 11.5 Å². The maximum absolute atomic E-state index is 12.5. The normalized spacial score (nSPS) is 12.1. The topological polar surface area (TPSA) is 64.9 Å². The summed E-state index contributed by atoms with van der Waals surface area (Å²) in [6.07, 6.45) is 2.97. The van der Waals surface area contributed by atoms with Gasteiger partial charge in [0.1, 0.15) is 22.0 Å². The Morgan fingerprint density at radius 3 is 2.54 bits per heavy atom. The molecule has 0 radical (unpaired) electrons. The summed E-state index contributed by atoms with van der Waals surface area (Å²) in [5.41, 5.74) is 2.43. The Labute approximate surface area is 218 Å². The largest absolute Gasteiger partial charge is 0.493 e. The Hall–Kier alpha value is -2.84. The van der Waals surface area contributed by atoms with Crippen LogP contribution in [-0.4, -0.2) is 28.0 Å². The lowest BCUT2D eigenvalue weighted by molar-refractivity contribution is 0.0735. The van der Waals surface area contributed by atoms with E-state index in [1.165, 1.54) is 11.3 Å². The number of halogens is 1. The SMILES string of the molecule is COc1cc(-c2nc3ccc(Br)cn3c2NC(C)(C)CC(C)(C)C)ccc1OC(=O)c1cccs1. The minimum atomic E-state index is -0.407. The van der Waals surface area contributed by atoms with Crippen molar-refractivity contribution in [2.75, 3.05) is 12.4 Å². The number of aromatic nitrogens is 2. The molecule has 0 aliphatic heterocycles. The number of nitrogens with one attached hydrogen (secondary N) is 1. The molecule has 0 spiro atoms. The van der Waals surface area contributed by atoms with Crippen LogP contribution in [0.3, 0.4) is 0 Å². The molecule has 1 N–H and O–H groups in total. The average Bonchev–Trinajstić information content (AvgIpc) is 3.41. The predicted octanol–water partition coefficient (Wildman–Crippen LogP) is 7.68. The molecular formula is C27H30BrN3O3S. The molecule has 4 rings (SSSR count). The third kappa shape index (κ3) is 5.87. The molecule has 0 aliphatic carbocycles. The number of benzene rings is 1. The number of methoxy groups -OCH3 is 1.